The smallest absolute Gasteiger partial charge is 0.241 e. The van der Waals surface area contributed by atoms with Crippen molar-refractivity contribution in [1.82, 2.24) is 0 Å². The molecule has 0 aliphatic rings. The second-order valence-corrected chi connectivity index (χ2v) is 6.36. The fourth-order valence-corrected chi connectivity index (χ4v) is 3.16. The lowest BCUT2D eigenvalue weighted by Crippen LogP contribution is -2.43. The summed E-state index contributed by atoms with van der Waals surface area (Å²) >= 11 is 0. The number of nitrogens with two attached hydrogens (primary N) is 1. The Morgan fingerprint density at radius 3 is 2.52 bits per heavy atom. The molecule has 0 aliphatic heterocycles. The highest BCUT2D eigenvalue weighted by Crippen LogP contribution is 2.23. The summed E-state index contributed by atoms with van der Waals surface area (Å²) in [5.41, 5.74) is 7.32. The molecule has 0 heterocycles. The second-order valence-electron chi connectivity index (χ2n) is 6.36. The molecule has 23 heavy (non-hydrogen) atoms. The molecule has 2 N–H and O–H groups in total. The van der Waals surface area contributed by atoms with Crippen LogP contribution in [0.2, 0.25) is 0 Å². The van der Waals surface area contributed by atoms with Crippen molar-refractivity contribution in [2.75, 3.05) is 0 Å². The zero-order chi connectivity index (χ0) is 16.4. The van der Waals surface area contributed by atoms with E-state index in [-0.39, 0.29) is 17.6 Å². The van der Waals surface area contributed by atoms with Gasteiger partial charge in [0.05, 0.1) is 6.04 Å². The van der Waals surface area contributed by atoms with Crippen LogP contribution in [0, 0.1) is 5.92 Å². The number of hydrogen-bond acceptors (Lipinski definition) is 2. The molecule has 116 valence electrons. The summed E-state index contributed by atoms with van der Waals surface area (Å²) in [5.74, 6) is 0.217. The summed E-state index contributed by atoms with van der Waals surface area (Å²) < 4.78 is 0. The van der Waals surface area contributed by atoms with Crippen molar-refractivity contribution >= 4 is 40.0 Å². The van der Waals surface area contributed by atoms with E-state index in [1.807, 2.05) is 25.1 Å². The Morgan fingerprint density at radius 1 is 1.04 bits per heavy atom. The predicted octanol–water partition coefficient (Wildman–Crippen LogP) is 2.95. The van der Waals surface area contributed by atoms with Crippen molar-refractivity contribution in [1.29, 1.82) is 0 Å². The van der Waals surface area contributed by atoms with Gasteiger partial charge in [-0.3, -0.25) is 0 Å². The molecule has 2 nitrogen and oxygen atoms in total. The average Bonchev–Trinajstić information content (AvgIpc) is 2.60. The van der Waals surface area contributed by atoms with Crippen LogP contribution in [0.1, 0.15) is 20.3 Å². The maximum absolute atomic E-state index is 12.6. The molecule has 3 aromatic rings. The molecule has 3 aromatic carbocycles. The first-order valence-electron chi connectivity index (χ1n) is 8.29. The Labute approximate surface area is 137 Å². The van der Waals surface area contributed by atoms with Crippen LogP contribution in [0.4, 0.5) is 0 Å². The van der Waals surface area contributed by atoms with Gasteiger partial charge >= 0.3 is 0 Å². The highest BCUT2D eigenvalue weighted by Gasteiger charge is 2.21. The molecule has 0 radical (unpaired) electrons. The Kier molecular flexibility index (Phi) is 4.49. The normalized spacial score (nSPS) is 13.9. The zero-order valence-corrected chi connectivity index (χ0v) is 13.8. The molecule has 0 bridgehead atoms. The van der Waals surface area contributed by atoms with E-state index in [1.54, 1.807) is 0 Å². The van der Waals surface area contributed by atoms with Crippen LogP contribution in [0.5, 0.6) is 0 Å². The van der Waals surface area contributed by atoms with Crippen molar-refractivity contribution in [3.05, 3.63) is 54.6 Å². The Morgan fingerprint density at radius 2 is 1.74 bits per heavy atom. The standard InChI is InChI=1S/C20H22BNO/c1-3-13(2)19(22)20(23)21-17-10-6-8-15-12-11-14-7-4-5-9-16(14)18(15)17/h4-13,19,21H,3,22H2,1-2H3/t13-,19-/m0/s1. The first kappa shape index (κ1) is 15.8. The van der Waals surface area contributed by atoms with E-state index in [0.29, 0.717) is 7.28 Å². The third kappa shape index (κ3) is 3.02. The SMILES string of the molecule is CC[C@H](C)[C@H](N)C(=O)Bc1cccc2ccc3ccccc3c12. The molecule has 2 atom stereocenters. The molecule has 0 spiro atoms. The summed E-state index contributed by atoms with van der Waals surface area (Å²) in [5, 5.41) is 4.75. The lowest BCUT2D eigenvalue weighted by Gasteiger charge is -2.17. The van der Waals surface area contributed by atoms with Gasteiger partial charge in [-0.25, -0.2) is 0 Å². The van der Waals surface area contributed by atoms with Gasteiger partial charge in [0.15, 0.2) is 0 Å². The van der Waals surface area contributed by atoms with E-state index in [4.69, 9.17) is 5.73 Å². The van der Waals surface area contributed by atoms with Crippen LogP contribution in [-0.2, 0) is 4.79 Å². The van der Waals surface area contributed by atoms with Gasteiger partial charge in [0, 0.05) is 0 Å². The molecule has 0 aromatic heterocycles. The van der Waals surface area contributed by atoms with Crippen LogP contribution in [0.3, 0.4) is 0 Å². The lowest BCUT2D eigenvalue weighted by atomic mass is 9.61. The van der Waals surface area contributed by atoms with Crippen LogP contribution in [-0.4, -0.2) is 19.0 Å². The van der Waals surface area contributed by atoms with Crippen molar-refractivity contribution in [2.45, 2.75) is 26.3 Å². The molecule has 0 amide bonds. The van der Waals surface area contributed by atoms with E-state index in [1.165, 1.54) is 21.5 Å². The molecule has 3 rings (SSSR count). The molecule has 0 fully saturated rings. The number of hydrogen-bond donors (Lipinski definition) is 1. The van der Waals surface area contributed by atoms with Gasteiger partial charge in [-0.2, -0.15) is 0 Å². The lowest BCUT2D eigenvalue weighted by molar-refractivity contribution is -0.114. The summed E-state index contributed by atoms with van der Waals surface area (Å²) in [6.45, 7) is 4.12. The monoisotopic (exact) mass is 303 g/mol. The van der Waals surface area contributed by atoms with Crippen LogP contribution in [0.15, 0.2) is 54.6 Å². The zero-order valence-electron chi connectivity index (χ0n) is 13.8. The minimum Gasteiger partial charge on any atom is -0.322 e. The third-order valence-corrected chi connectivity index (χ3v) is 4.85. The summed E-state index contributed by atoms with van der Waals surface area (Å²) in [7, 11) is 0.400. The van der Waals surface area contributed by atoms with E-state index in [0.717, 1.165) is 11.9 Å². The first-order valence-corrected chi connectivity index (χ1v) is 8.29. The van der Waals surface area contributed by atoms with Crippen molar-refractivity contribution < 1.29 is 4.79 Å². The number of fused-ring (bicyclic) bond motifs is 3. The molecule has 0 saturated heterocycles. The molecular formula is C20H22BNO. The maximum atomic E-state index is 12.6. The quantitative estimate of drug-likeness (QED) is 0.582. The second kappa shape index (κ2) is 6.55. The van der Waals surface area contributed by atoms with E-state index in [2.05, 4.69) is 43.3 Å². The molecule has 3 heteroatoms. The highest BCUT2D eigenvalue weighted by atomic mass is 16.1. The van der Waals surface area contributed by atoms with Gasteiger partial charge in [0.25, 0.3) is 0 Å². The summed E-state index contributed by atoms with van der Waals surface area (Å²) in [6.07, 6.45) is 0.922. The van der Waals surface area contributed by atoms with Gasteiger partial charge in [-0.15, -0.1) is 0 Å². The third-order valence-electron chi connectivity index (χ3n) is 4.85. The van der Waals surface area contributed by atoms with E-state index < -0.39 is 0 Å². The summed E-state index contributed by atoms with van der Waals surface area (Å²) in [6, 6.07) is 18.4. The molecular weight excluding hydrogens is 281 g/mol. The molecule has 0 unspecified atom stereocenters. The van der Waals surface area contributed by atoms with Crippen LogP contribution < -0.4 is 11.2 Å². The first-order chi connectivity index (χ1) is 11.1. The minimum atomic E-state index is -0.384. The van der Waals surface area contributed by atoms with Gasteiger partial charge in [-0.05, 0) is 27.5 Å². The minimum absolute atomic E-state index is 0.125. The number of carbonyl (C=O) groups excluding carboxylic acids is 1. The van der Waals surface area contributed by atoms with Crippen LogP contribution >= 0.6 is 0 Å². The maximum Gasteiger partial charge on any atom is 0.241 e. The molecule has 0 saturated carbocycles. The number of carbonyl (C=O) groups is 1. The van der Waals surface area contributed by atoms with E-state index >= 15 is 0 Å². The highest BCUT2D eigenvalue weighted by molar-refractivity contribution is 6.86. The topological polar surface area (TPSA) is 43.1 Å². The fourth-order valence-electron chi connectivity index (χ4n) is 3.16. The van der Waals surface area contributed by atoms with Crippen molar-refractivity contribution in [3.63, 3.8) is 0 Å². The average molecular weight is 303 g/mol. The van der Waals surface area contributed by atoms with Crippen LogP contribution in [0.25, 0.3) is 21.5 Å². The van der Waals surface area contributed by atoms with Gasteiger partial charge in [0.2, 0.25) is 7.28 Å². The predicted molar refractivity (Wildman–Crippen MR) is 101 cm³/mol. The van der Waals surface area contributed by atoms with E-state index in [9.17, 15) is 4.79 Å². The summed E-state index contributed by atoms with van der Waals surface area (Å²) in [4.78, 5) is 12.6. The van der Waals surface area contributed by atoms with Gasteiger partial charge in [-0.1, -0.05) is 80.3 Å². The van der Waals surface area contributed by atoms with Gasteiger partial charge < -0.3 is 10.5 Å². The largest absolute Gasteiger partial charge is 0.322 e. The fraction of sp³-hybridized carbons (Fsp3) is 0.250. The van der Waals surface area contributed by atoms with Gasteiger partial charge in [0.1, 0.15) is 5.68 Å². The Hall–Kier alpha value is -2.13. The Bertz CT molecular complexity index is 859. The number of benzene rings is 3. The van der Waals surface area contributed by atoms with Crippen molar-refractivity contribution in [3.8, 4) is 0 Å². The number of rotatable bonds is 5. The van der Waals surface area contributed by atoms with Crippen molar-refractivity contribution in [2.24, 2.45) is 11.7 Å². The Balaban J connectivity index is 2.07. The molecule has 0 aliphatic carbocycles.